The Kier molecular flexibility index (Phi) is 3.44. The molecule has 18 heavy (non-hydrogen) atoms. The molecule has 1 aromatic rings. The normalized spacial score (nSPS) is 20.0. The standard InChI is InChI=1S/C15H22N2O/c1-10-4-6-12(7-5-10)11(2)17-14(18)15(3,16)13-8-9-13/h4-7,11,13H,8-9,16H2,1-3H3,(H,17,18). The Morgan fingerprint density at radius 3 is 2.44 bits per heavy atom. The number of rotatable bonds is 4. The van der Waals surface area contributed by atoms with Gasteiger partial charge in [0.1, 0.15) is 0 Å². The topological polar surface area (TPSA) is 55.1 Å². The van der Waals surface area contributed by atoms with Crippen molar-refractivity contribution in [3.63, 3.8) is 0 Å². The molecule has 3 nitrogen and oxygen atoms in total. The lowest BCUT2D eigenvalue weighted by Gasteiger charge is -2.26. The molecule has 0 aromatic heterocycles. The predicted molar refractivity (Wildman–Crippen MR) is 73.1 cm³/mol. The molecule has 0 bridgehead atoms. The molecule has 2 unspecified atom stereocenters. The molecule has 1 aliphatic rings. The summed E-state index contributed by atoms with van der Waals surface area (Å²) in [6.45, 7) is 5.88. The lowest BCUT2D eigenvalue weighted by Crippen LogP contribution is -2.53. The summed E-state index contributed by atoms with van der Waals surface area (Å²) in [5.74, 6) is 0.306. The molecule has 0 saturated heterocycles. The van der Waals surface area contributed by atoms with Gasteiger partial charge in [-0.2, -0.15) is 0 Å². The molecule has 2 atom stereocenters. The Morgan fingerprint density at radius 1 is 1.39 bits per heavy atom. The van der Waals surface area contributed by atoms with E-state index in [-0.39, 0.29) is 11.9 Å². The van der Waals surface area contributed by atoms with Gasteiger partial charge in [-0.1, -0.05) is 29.8 Å². The van der Waals surface area contributed by atoms with Crippen molar-refractivity contribution < 1.29 is 4.79 Å². The van der Waals surface area contributed by atoms with Gasteiger partial charge in [0.2, 0.25) is 5.91 Å². The number of nitrogens with two attached hydrogens (primary N) is 1. The van der Waals surface area contributed by atoms with E-state index in [2.05, 4.69) is 24.4 Å². The van der Waals surface area contributed by atoms with Gasteiger partial charge in [-0.05, 0) is 45.1 Å². The van der Waals surface area contributed by atoms with Gasteiger partial charge in [0.15, 0.2) is 0 Å². The van der Waals surface area contributed by atoms with Crippen LogP contribution in [-0.4, -0.2) is 11.4 Å². The molecule has 2 rings (SSSR count). The summed E-state index contributed by atoms with van der Waals surface area (Å²) in [6.07, 6.45) is 2.14. The van der Waals surface area contributed by atoms with Crippen LogP contribution >= 0.6 is 0 Å². The molecule has 1 amide bonds. The van der Waals surface area contributed by atoms with Crippen LogP contribution in [0, 0.1) is 12.8 Å². The quantitative estimate of drug-likeness (QED) is 0.856. The third-order valence-electron chi connectivity index (χ3n) is 3.84. The minimum atomic E-state index is -0.723. The molecule has 0 radical (unpaired) electrons. The molecule has 98 valence electrons. The number of nitrogens with one attached hydrogen (secondary N) is 1. The summed E-state index contributed by atoms with van der Waals surface area (Å²) in [7, 11) is 0. The number of carbonyl (C=O) groups excluding carboxylic acids is 1. The van der Waals surface area contributed by atoms with Gasteiger partial charge >= 0.3 is 0 Å². The SMILES string of the molecule is Cc1ccc(C(C)NC(=O)C(C)(N)C2CC2)cc1. The van der Waals surface area contributed by atoms with Crippen LogP contribution in [0.1, 0.15) is 43.9 Å². The first-order valence-electron chi connectivity index (χ1n) is 6.57. The molecule has 1 aromatic carbocycles. The number of benzene rings is 1. The Morgan fingerprint density at radius 2 is 1.94 bits per heavy atom. The zero-order valence-electron chi connectivity index (χ0n) is 11.4. The number of aryl methyl sites for hydroxylation is 1. The summed E-state index contributed by atoms with van der Waals surface area (Å²) < 4.78 is 0. The zero-order chi connectivity index (χ0) is 13.3. The fourth-order valence-corrected chi connectivity index (χ4v) is 2.16. The van der Waals surface area contributed by atoms with Crippen LogP contribution in [0.25, 0.3) is 0 Å². The second-order valence-electron chi connectivity index (χ2n) is 5.66. The number of hydrogen-bond donors (Lipinski definition) is 2. The highest BCUT2D eigenvalue weighted by atomic mass is 16.2. The second-order valence-corrected chi connectivity index (χ2v) is 5.66. The first-order chi connectivity index (χ1) is 8.41. The van der Waals surface area contributed by atoms with E-state index in [1.807, 2.05) is 26.0 Å². The van der Waals surface area contributed by atoms with Crippen LogP contribution in [0.4, 0.5) is 0 Å². The molecule has 3 N–H and O–H groups in total. The molecular weight excluding hydrogens is 224 g/mol. The largest absolute Gasteiger partial charge is 0.348 e. The van der Waals surface area contributed by atoms with E-state index in [1.165, 1.54) is 5.56 Å². The monoisotopic (exact) mass is 246 g/mol. The minimum Gasteiger partial charge on any atom is -0.348 e. The van der Waals surface area contributed by atoms with E-state index in [4.69, 9.17) is 5.73 Å². The average molecular weight is 246 g/mol. The molecule has 1 saturated carbocycles. The number of carbonyl (C=O) groups is 1. The molecule has 0 spiro atoms. The fraction of sp³-hybridized carbons (Fsp3) is 0.533. The number of hydrogen-bond acceptors (Lipinski definition) is 2. The highest BCUT2D eigenvalue weighted by molar-refractivity contribution is 5.86. The van der Waals surface area contributed by atoms with Gasteiger partial charge in [0.25, 0.3) is 0 Å². The van der Waals surface area contributed by atoms with Gasteiger partial charge in [-0.15, -0.1) is 0 Å². The van der Waals surface area contributed by atoms with E-state index in [0.717, 1.165) is 18.4 Å². The molecule has 0 aliphatic heterocycles. The molecule has 3 heteroatoms. The molecule has 1 aliphatic carbocycles. The van der Waals surface area contributed by atoms with Crippen molar-refractivity contribution in [1.82, 2.24) is 5.32 Å². The highest BCUT2D eigenvalue weighted by Gasteiger charge is 2.44. The lowest BCUT2D eigenvalue weighted by atomic mass is 9.95. The smallest absolute Gasteiger partial charge is 0.240 e. The van der Waals surface area contributed by atoms with Crippen molar-refractivity contribution in [1.29, 1.82) is 0 Å². The van der Waals surface area contributed by atoms with Gasteiger partial charge < -0.3 is 11.1 Å². The second kappa shape index (κ2) is 4.73. The maximum absolute atomic E-state index is 12.2. The van der Waals surface area contributed by atoms with E-state index in [9.17, 15) is 4.79 Å². The minimum absolute atomic E-state index is 0.000255. The Bertz CT molecular complexity index is 432. The molecule has 0 heterocycles. The van der Waals surface area contributed by atoms with Crippen molar-refractivity contribution in [2.75, 3.05) is 0 Å². The average Bonchev–Trinajstić information content (AvgIpc) is 3.13. The van der Waals surface area contributed by atoms with E-state index < -0.39 is 5.54 Å². The van der Waals surface area contributed by atoms with Crippen molar-refractivity contribution in [3.05, 3.63) is 35.4 Å². The zero-order valence-corrected chi connectivity index (χ0v) is 11.4. The summed E-state index contributed by atoms with van der Waals surface area (Å²) in [6, 6.07) is 8.21. The Labute approximate surface area is 109 Å². The van der Waals surface area contributed by atoms with Crippen molar-refractivity contribution in [2.45, 2.75) is 45.2 Å². The van der Waals surface area contributed by atoms with E-state index >= 15 is 0 Å². The maximum Gasteiger partial charge on any atom is 0.240 e. The predicted octanol–water partition coefficient (Wildman–Crippen LogP) is 2.30. The maximum atomic E-state index is 12.2. The van der Waals surface area contributed by atoms with Crippen LogP contribution in [0.15, 0.2) is 24.3 Å². The van der Waals surface area contributed by atoms with Gasteiger partial charge in [-0.3, -0.25) is 4.79 Å². The van der Waals surface area contributed by atoms with E-state index in [0.29, 0.717) is 5.92 Å². The van der Waals surface area contributed by atoms with Gasteiger partial charge in [0, 0.05) is 0 Å². The van der Waals surface area contributed by atoms with E-state index in [1.54, 1.807) is 0 Å². The fourth-order valence-electron chi connectivity index (χ4n) is 2.16. The third kappa shape index (κ3) is 2.72. The third-order valence-corrected chi connectivity index (χ3v) is 3.84. The van der Waals surface area contributed by atoms with Crippen LogP contribution in [0.2, 0.25) is 0 Å². The lowest BCUT2D eigenvalue weighted by molar-refractivity contribution is -0.127. The summed E-state index contributed by atoms with van der Waals surface area (Å²) >= 11 is 0. The van der Waals surface area contributed by atoms with Crippen molar-refractivity contribution in [3.8, 4) is 0 Å². The Balaban J connectivity index is 2.00. The van der Waals surface area contributed by atoms with Crippen LogP contribution < -0.4 is 11.1 Å². The van der Waals surface area contributed by atoms with Gasteiger partial charge in [0.05, 0.1) is 11.6 Å². The summed E-state index contributed by atoms with van der Waals surface area (Å²) in [5.41, 5.74) is 7.71. The molecular formula is C15H22N2O. The Hall–Kier alpha value is -1.35. The highest BCUT2D eigenvalue weighted by Crippen LogP contribution is 2.38. The van der Waals surface area contributed by atoms with Crippen LogP contribution in [0.5, 0.6) is 0 Å². The van der Waals surface area contributed by atoms with Gasteiger partial charge in [-0.25, -0.2) is 0 Å². The van der Waals surface area contributed by atoms with Crippen molar-refractivity contribution >= 4 is 5.91 Å². The van der Waals surface area contributed by atoms with Crippen LogP contribution in [0.3, 0.4) is 0 Å². The first-order valence-corrected chi connectivity index (χ1v) is 6.57. The summed E-state index contributed by atoms with van der Waals surface area (Å²) in [4.78, 5) is 12.2. The molecule has 1 fully saturated rings. The van der Waals surface area contributed by atoms with Crippen molar-refractivity contribution in [2.24, 2.45) is 11.7 Å². The number of amides is 1. The first kappa shape index (κ1) is 13.1. The summed E-state index contributed by atoms with van der Waals surface area (Å²) in [5, 5.41) is 3.01. The van der Waals surface area contributed by atoms with Crippen LogP contribution in [-0.2, 0) is 4.79 Å².